The zero-order chi connectivity index (χ0) is 26.4. The highest BCUT2D eigenvalue weighted by Gasteiger charge is 2.26. The number of nitrogens with zero attached hydrogens (tertiary/aromatic N) is 1. The van der Waals surface area contributed by atoms with Crippen molar-refractivity contribution in [3.63, 3.8) is 0 Å². The highest BCUT2D eigenvalue weighted by Crippen LogP contribution is 2.36. The summed E-state index contributed by atoms with van der Waals surface area (Å²) in [5.74, 6) is -0.0614. The highest BCUT2D eigenvalue weighted by molar-refractivity contribution is 6.35. The van der Waals surface area contributed by atoms with Gasteiger partial charge in [-0.25, -0.2) is 0 Å². The predicted molar refractivity (Wildman–Crippen MR) is 142 cm³/mol. The van der Waals surface area contributed by atoms with Crippen LogP contribution in [-0.4, -0.2) is 37.3 Å². The third-order valence-corrected chi connectivity index (χ3v) is 6.20. The summed E-state index contributed by atoms with van der Waals surface area (Å²) >= 11 is 18.6. The number of hydrogen-bond acceptors (Lipinski definition) is 6. The molecule has 1 amide bonds. The average Bonchev–Trinajstić information content (AvgIpc) is 3.33. The number of carbonyl (C=O) groups is 2. The summed E-state index contributed by atoms with van der Waals surface area (Å²) in [5, 5.41) is 8.19. The van der Waals surface area contributed by atoms with E-state index in [1.54, 1.807) is 36.4 Å². The maximum Gasteiger partial charge on any atom is 0.309 e. The maximum absolute atomic E-state index is 13.4. The van der Waals surface area contributed by atoms with E-state index in [4.69, 9.17) is 48.8 Å². The van der Waals surface area contributed by atoms with E-state index in [0.717, 1.165) is 0 Å². The number of ether oxygens (including phenoxy) is 2. The Hall–Kier alpha value is -3.52. The van der Waals surface area contributed by atoms with Gasteiger partial charge in [0.25, 0.3) is 5.91 Å². The monoisotopic (exact) mass is 558 g/mol. The van der Waals surface area contributed by atoms with Gasteiger partial charge in [-0.1, -0.05) is 82.4 Å². The standard InChI is InChI=1S/C27H21Cl3N2O5/c1-35-23(33)14-16-7-9-19(20(29)13-16)25-24(26(37-32-25)17-5-3-2-4-6-17)27(34)31-11-12-36-22-10-8-18(28)15-21(22)30/h2-10,13,15H,11-12,14H2,1H3,(H,31,34). The third-order valence-electron chi connectivity index (χ3n) is 5.36. The Morgan fingerprint density at radius 3 is 2.46 bits per heavy atom. The molecule has 4 aromatic rings. The van der Waals surface area contributed by atoms with Crippen molar-refractivity contribution in [2.75, 3.05) is 20.3 Å². The lowest BCUT2D eigenvalue weighted by Gasteiger charge is -2.10. The summed E-state index contributed by atoms with van der Waals surface area (Å²) in [7, 11) is 1.32. The van der Waals surface area contributed by atoms with Crippen LogP contribution in [0.1, 0.15) is 15.9 Å². The number of halogens is 3. The first-order valence-electron chi connectivity index (χ1n) is 11.1. The second-order valence-electron chi connectivity index (χ2n) is 7.85. The Morgan fingerprint density at radius 2 is 1.76 bits per heavy atom. The SMILES string of the molecule is COC(=O)Cc1ccc(-c2noc(-c3ccccc3)c2C(=O)NCCOc2ccc(Cl)cc2Cl)c(Cl)c1. The van der Waals surface area contributed by atoms with Gasteiger partial charge in [-0.05, 0) is 29.8 Å². The first-order chi connectivity index (χ1) is 17.9. The lowest BCUT2D eigenvalue weighted by molar-refractivity contribution is -0.139. The quantitative estimate of drug-likeness (QED) is 0.186. The third kappa shape index (κ3) is 6.43. The normalized spacial score (nSPS) is 10.7. The van der Waals surface area contributed by atoms with Gasteiger partial charge in [0.15, 0.2) is 5.76 Å². The predicted octanol–water partition coefficient (Wildman–Crippen LogP) is 6.49. The molecule has 7 nitrogen and oxygen atoms in total. The van der Waals surface area contributed by atoms with E-state index in [-0.39, 0.29) is 30.8 Å². The second-order valence-corrected chi connectivity index (χ2v) is 9.10. The van der Waals surface area contributed by atoms with Crippen molar-refractivity contribution in [1.82, 2.24) is 10.5 Å². The van der Waals surface area contributed by atoms with Crippen molar-refractivity contribution in [2.45, 2.75) is 6.42 Å². The Morgan fingerprint density at radius 1 is 0.973 bits per heavy atom. The molecule has 0 unspecified atom stereocenters. The molecule has 0 saturated heterocycles. The Balaban J connectivity index is 1.58. The summed E-state index contributed by atoms with van der Waals surface area (Å²) in [6.45, 7) is 0.347. The fraction of sp³-hybridized carbons (Fsp3) is 0.148. The highest BCUT2D eigenvalue weighted by atomic mass is 35.5. The molecular weight excluding hydrogens is 539 g/mol. The summed E-state index contributed by atoms with van der Waals surface area (Å²) in [6, 6.07) is 19.1. The number of esters is 1. The number of aromatic nitrogens is 1. The van der Waals surface area contributed by atoms with Crippen LogP contribution in [0.5, 0.6) is 5.75 Å². The molecular formula is C27H21Cl3N2O5. The van der Waals surface area contributed by atoms with Gasteiger partial charge in [-0.15, -0.1) is 0 Å². The molecule has 0 aliphatic carbocycles. The lowest BCUT2D eigenvalue weighted by Crippen LogP contribution is -2.28. The van der Waals surface area contributed by atoms with Crippen LogP contribution in [0.3, 0.4) is 0 Å². The van der Waals surface area contributed by atoms with Crippen LogP contribution in [-0.2, 0) is 16.0 Å². The molecule has 0 aliphatic heterocycles. The fourth-order valence-electron chi connectivity index (χ4n) is 3.58. The van der Waals surface area contributed by atoms with E-state index >= 15 is 0 Å². The van der Waals surface area contributed by atoms with Crippen molar-refractivity contribution >= 4 is 46.7 Å². The summed E-state index contributed by atoms with van der Waals surface area (Å²) in [4.78, 5) is 25.0. The van der Waals surface area contributed by atoms with E-state index in [9.17, 15) is 9.59 Å². The van der Waals surface area contributed by atoms with Gasteiger partial charge in [-0.3, -0.25) is 9.59 Å². The number of rotatable bonds is 9. The molecule has 0 aliphatic rings. The van der Waals surface area contributed by atoms with Crippen LogP contribution in [0, 0.1) is 0 Å². The first kappa shape index (κ1) is 26.5. The van der Waals surface area contributed by atoms with Gasteiger partial charge in [0, 0.05) is 16.1 Å². The molecule has 190 valence electrons. The summed E-state index contributed by atoms with van der Waals surface area (Å²) in [5.41, 5.74) is 2.31. The van der Waals surface area contributed by atoms with Gasteiger partial charge >= 0.3 is 5.97 Å². The molecule has 1 N–H and O–H groups in total. The van der Waals surface area contributed by atoms with Crippen LogP contribution < -0.4 is 10.1 Å². The number of hydrogen-bond donors (Lipinski definition) is 1. The minimum Gasteiger partial charge on any atom is -0.490 e. The number of methoxy groups -OCH3 is 1. The Labute approximate surface area is 228 Å². The minimum absolute atomic E-state index is 0.0650. The Bertz CT molecular complexity index is 1420. The summed E-state index contributed by atoms with van der Waals surface area (Å²) in [6.07, 6.45) is 0.0650. The smallest absolute Gasteiger partial charge is 0.309 e. The van der Waals surface area contributed by atoms with E-state index in [1.165, 1.54) is 7.11 Å². The molecule has 10 heteroatoms. The van der Waals surface area contributed by atoms with Gasteiger partial charge in [0.05, 0.1) is 30.1 Å². The molecule has 3 aromatic carbocycles. The van der Waals surface area contributed by atoms with Gasteiger partial charge in [0.2, 0.25) is 0 Å². The minimum atomic E-state index is -0.421. The van der Waals surface area contributed by atoms with Crippen LogP contribution in [0.15, 0.2) is 71.3 Å². The van der Waals surface area contributed by atoms with Crippen LogP contribution in [0.25, 0.3) is 22.6 Å². The molecule has 0 spiro atoms. The van der Waals surface area contributed by atoms with E-state index < -0.39 is 11.9 Å². The van der Waals surface area contributed by atoms with Gasteiger partial charge in [0.1, 0.15) is 23.6 Å². The first-order valence-corrected chi connectivity index (χ1v) is 12.3. The molecule has 0 atom stereocenters. The number of benzene rings is 3. The van der Waals surface area contributed by atoms with Crippen molar-refractivity contribution in [1.29, 1.82) is 0 Å². The Kier molecular flexibility index (Phi) is 8.71. The molecule has 0 radical (unpaired) electrons. The van der Waals surface area contributed by atoms with E-state index in [1.807, 2.05) is 30.3 Å². The number of nitrogens with one attached hydrogen (secondary N) is 1. The van der Waals surface area contributed by atoms with Crippen molar-refractivity contribution in [2.24, 2.45) is 0 Å². The topological polar surface area (TPSA) is 90.7 Å². The van der Waals surface area contributed by atoms with Crippen LogP contribution in [0.4, 0.5) is 0 Å². The van der Waals surface area contributed by atoms with Crippen molar-refractivity contribution in [3.05, 3.63) is 92.9 Å². The van der Waals surface area contributed by atoms with Crippen molar-refractivity contribution < 1.29 is 23.6 Å². The van der Waals surface area contributed by atoms with Gasteiger partial charge in [-0.2, -0.15) is 0 Å². The van der Waals surface area contributed by atoms with E-state index in [0.29, 0.717) is 43.3 Å². The molecule has 37 heavy (non-hydrogen) atoms. The number of amides is 1. The maximum atomic E-state index is 13.4. The van der Waals surface area contributed by atoms with Gasteiger partial charge < -0.3 is 19.3 Å². The lowest BCUT2D eigenvalue weighted by atomic mass is 10.00. The largest absolute Gasteiger partial charge is 0.490 e. The molecule has 1 aromatic heterocycles. The molecule has 0 saturated carbocycles. The molecule has 1 heterocycles. The molecule has 0 bridgehead atoms. The zero-order valence-electron chi connectivity index (χ0n) is 19.6. The fourth-order valence-corrected chi connectivity index (χ4v) is 4.33. The van der Waals surface area contributed by atoms with E-state index in [2.05, 4.69) is 10.5 Å². The average molecular weight is 560 g/mol. The zero-order valence-corrected chi connectivity index (χ0v) is 21.9. The number of carbonyl (C=O) groups excluding carboxylic acids is 2. The second kappa shape index (κ2) is 12.1. The molecule has 4 rings (SSSR count). The summed E-state index contributed by atoms with van der Waals surface area (Å²) < 4.78 is 16.0. The van der Waals surface area contributed by atoms with Crippen molar-refractivity contribution in [3.8, 4) is 28.3 Å². The van der Waals surface area contributed by atoms with Crippen LogP contribution >= 0.6 is 34.8 Å². The van der Waals surface area contributed by atoms with Crippen LogP contribution in [0.2, 0.25) is 15.1 Å². The molecule has 0 fully saturated rings.